The summed E-state index contributed by atoms with van der Waals surface area (Å²) in [5, 5.41) is 11.1. The number of carbonyl (C=O) groups is 2. The number of allylic oxidation sites excluding steroid dienone is 2. The van der Waals surface area contributed by atoms with Gasteiger partial charge in [0.1, 0.15) is 6.10 Å². The van der Waals surface area contributed by atoms with Crippen molar-refractivity contribution in [2.75, 3.05) is 0 Å². The maximum absolute atomic E-state index is 11.8. The number of rotatable bonds is 5. The van der Waals surface area contributed by atoms with E-state index in [2.05, 4.69) is 41.5 Å². The lowest BCUT2D eigenvalue weighted by Gasteiger charge is -2.62. The number of hydrogen-bond donors (Lipinski definition) is 0. The molecule has 4 aliphatic rings. The maximum Gasteiger partial charge on any atom is 0.302 e. The molecule has 4 nitrogen and oxygen atoms in total. The molecular formula is C29H45O4-. The second-order valence-electron chi connectivity index (χ2n) is 13.2. The zero-order valence-electron chi connectivity index (χ0n) is 22.0. The Bertz CT molecular complexity index is 856. The summed E-state index contributed by atoms with van der Waals surface area (Å²) in [6.07, 6.45) is 10.1. The van der Waals surface area contributed by atoms with Crippen LogP contribution < -0.4 is 5.11 Å². The Morgan fingerprint density at radius 3 is 2.33 bits per heavy atom. The van der Waals surface area contributed by atoms with Crippen LogP contribution in [0.3, 0.4) is 0 Å². The molecule has 0 heterocycles. The molecule has 0 unspecified atom stereocenters. The number of carbonyl (C=O) groups excluding carboxylic acids is 2. The normalized spacial score (nSPS) is 42.7. The quantitative estimate of drug-likeness (QED) is 0.385. The number of esters is 1. The van der Waals surface area contributed by atoms with Crippen LogP contribution in [-0.2, 0) is 14.3 Å². The Morgan fingerprint density at radius 1 is 1.00 bits per heavy atom. The molecule has 0 aliphatic heterocycles. The minimum atomic E-state index is -0.917. The van der Waals surface area contributed by atoms with Gasteiger partial charge in [0.2, 0.25) is 0 Å². The number of aliphatic carboxylic acids is 1. The SMILES string of the molecule is CC(=O)O[C@@H]1CC[C@]2(C)C3=C(CC[C@H]2C1(C)C)[C@]1(C)CC[C@@H]([C@@H](C)CCC(=O)[O-])[C@@]1(C)CC3. The Hall–Kier alpha value is -1.32. The van der Waals surface area contributed by atoms with Crippen LogP contribution in [0.1, 0.15) is 113 Å². The van der Waals surface area contributed by atoms with E-state index in [0.717, 1.165) is 25.7 Å². The number of ether oxygens (including phenoxy) is 1. The Balaban J connectivity index is 1.65. The number of carboxylic acids is 1. The van der Waals surface area contributed by atoms with Crippen LogP contribution in [0.15, 0.2) is 11.1 Å². The lowest BCUT2D eigenvalue weighted by Crippen LogP contribution is -2.55. The standard InChI is InChI=1S/C29H46O4/c1-18(8-11-25(31)32)20-12-16-29(7)22-9-10-23-26(3,4)24(33-19(2)30)14-15-27(23,5)21(22)13-17-28(20,29)6/h18,20,23-24H,8-17H2,1-7H3,(H,31,32)/p-1/t18-,20-,23-,24+,27+,28+,29-/m0/s1. The molecule has 186 valence electrons. The smallest absolute Gasteiger partial charge is 0.302 e. The second kappa shape index (κ2) is 8.12. The van der Waals surface area contributed by atoms with Gasteiger partial charge >= 0.3 is 5.97 Å². The minimum absolute atomic E-state index is 0.0140. The van der Waals surface area contributed by atoms with E-state index in [9.17, 15) is 14.7 Å². The average molecular weight is 458 g/mol. The van der Waals surface area contributed by atoms with Crippen molar-refractivity contribution in [1.82, 2.24) is 0 Å². The summed E-state index contributed by atoms with van der Waals surface area (Å²) in [6.45, 7) is 16.0. The van der Waals surface area contributed by atoms with Crippen LogP contribution in [0.2, 0.25) is 0 Å². The Labute approximate surface area is 200 Å². The van der Waals surface area contributed by atoms with Gasteiger partial charge in [-0.05, 0) is 98.2 Å². The third kappa shape index (κ3) is 3.60. The van der Waals surface area contributed by atoms with Crippen LogP contribution in [0.5, 0.6) is 0 Å². The molecule has 0 bridgehead atoms. The van der Waals surface area contributed by atoms with Crippen LogP contribution in [-0.4, -0.2) is 18.0 Å². The van der Waals surface area contributed by atoms with Crippen molar-refractivity contribution in [3.8, 4) is 0 Å². The first-order valence-corrected chi connectivity index (χ1v) is 13.4. The summed E-state index contributed by atoms with van der Waals surface area (Å²) in [7, 11) is 0. The zero-order valence-corrected chi connectivity index (χ0v) is 22.0. The Kier molecular flexibility index (Phi) is 6.10. The molecule has 2 fully saturated rings. The molecule has 0 aromatic carbocycles. The predicted octanol–water partition coefficient (Wildman–Crippen LogP) is 5.83. The summed E-state index contributed by atoms with van der Waals surface area (Å²) >= 11 is 0. The Morgan fingerprint density at radius 2 is 1.70 bits per heavy atom. The fraction of sp³-hybridized carbons (Fsp3) is 0.862. The molecule has 0 aromatic rings. The predicted molar refractivity (Wildman–Crippen MR) is 128 cm³/mol. The minimum Gasteiger partial charge on any atom is -0.550 e. The largest absolute Gasteiger partial charge is 0.550 e. The third-order valence-electron chi connectivity index (χ3n) is 11.6. The second-order valence-corrected chi connectivity index (χ2v) is 13.2. The van der Waals surface area contributed by atoms with Crippen molar-refractivity contribution in [2.24, 2.45) is 39.4 Å². The summed E-state index contributed by atoms with van der Waals surface area (Å²) in [5.41, 5.74) is 4.10. The summed E-state index contributed by atoms with van der Waals surface area (Å²) in [5.74, 6) is 0.464. The van der Waals surface area contributed by atoms with Gasteiger partial charge in [-0.2, -0.15) is 0 Å². The average Bonchev–Trinajstić information content (AvgIpc) is 3.00. The third-order valence-corrected chi connectivity index (χ3v) is 11.6. The molecule has 4 rings (SSSR count). The zero-order chi connectivity index (χ0) is 24.4. The topological polar surface area (TPSA) is 66.4 Å². The number of carboxylic acid groups (broad SMARTS) is 1. The van der Waals surface area contributed by atoms with Crippen LogP contribution in [0, 0.1) is 39.4 Å². The first-order valence-electron chi connectivity index (χ1n) is 13.4. The molecule has 2 saturated carbocycles. The molecule has 7 atom stereocenters. The summed E-state index contributed by atoms with van der Waals surface area (Å²) in [4.78, 5) is 22.9. The van der Waals surface area contributed by atoms with E-state index in [1.807, 2.05) is 0 Å². The highest BCUT2D eigenvalue weighted by molar-refractivity contribution is 5.66. The summed E-state index contributed by atoms with van der Waals surface area (Å²) < 4.78 is 5.82. The fourth-order valence-corrected chi connectivity index (χ4v) is 9.57. The van der Waals surface area contributed by atoms with Crippen molar-refractivity contribution in [3.63, 3.8) is 0 Å². The number of hydrogen-bond acceptors (Lipinski definition) is 4. The van der Waals surface area contributed by atoms with Crippen molar-refractivity contribution in [2.45, 2.75) is 119 Å². The molecule has 4 heteroatoms. The van der Waals surface area contributed by atoms with Gasteiger partial charge in [-0.15, -0.1) is 0 Å². The lowest BCUT2D eigenvalue weighted by molar-refractivity contribution is -0.306. The van der Waals surface area contributed by atoms with Gasteiger partial charge in [0.25, 0.3) is 0 Å². The van der Waals surface area contributed by atoms with E-state index in [1.165, 1.54) is 32.1 Å². The molecule has 0 spiro atoms. The van der Waals surface area contributed by atoms with Crippen molar-refractivity contribution in [3.05, 3.63) is 11.1 Å². The molecule has 33 heavy (non-hydrogen) atoms. The van der Waals surface area contributed by atoms with Crippen LogP contribution in [0.4, 0.5) is 0 Å². The van der Waals surface area contributed by atoms with E-state index >= 15 is 0 Å². The molecule has 0 radical (unpaired) electrons. The lowest BCUT2D eigenvalue weighted by atomic mass is 9.43. The van der Waals surface area contributed by atoms with Crippen molar-refractivity contribution < 1.29 is 19.4 Å². The molecule has 0 N–H and O–H groups in total. The highest BCUT2D eigenvalue weighted by Gasteiger charge is 2.63. The van der Waals surface area contributed by atoms with Gasteiger partial charge in [-0.3, -0.25) is 4.79 Å². The maximum atomic E-state index is 11.8. The molecule has 0 saturated heterocycles. The first kappa shape index (κ1) is 24.8. The van der Waals surface area contributed by atoms with Crippen molar-refractivity contribution >= 4 is 11.9 Å². The van der Waals surface area contributed by atoms with Gasteiger partial charge in [0.15, 0.2) is 0 Å². The van der Waals surface area contributed by atoms with E-state index in [-0.39, 0.29) is 40.2 Å². The van der Waals surface area contributed by atoms with E-state index in [0.29, 0.717) is 17.8 Å². The van der Waals surface area contributed by atoms with Crippen LogP contribution in [0.25, 0.3) is 0 Å². The monoisotopic (exact) mass is 457 g/mol. The van der Waals surface area contributed by atoms with Gasteiger partial charge < -0.3 is 14.6 Å². The molecule has 0 amide bonds. The summed E-state index contributed by atoms with van der Waals surface area (Å²) in [6, 6.07) is 0. The highest BCUT2D eigenvalue weighted by Crippen LogP contribution is 2.72. The van der Waals surface area contributed by atoms with E-state index < -0.39 is 5.97 Å². The van der Waals surface area contributed by atoms with Gasteiger partial charge in [-0.1, -0.05) is 52.7 Å². The van der Waals surface area contributed by atoms with E-state index in [1.54, 1.807) is 18.1 Å². The molecule has 4 aliphatic carbocycles. The first-order chi connectivity index (χ1) is 15.3. The van der Waals surface area contributed by atoms with E-state index in [4.69, 9.17) is 4.74 Å². The van der Waals surface area contributed by atoms with Gasteiger partial charge in [0.05, 0.1) is 0 Å². The van der Waals surface area contributed by atoms with Crippen LogP contribution >= 0.6 is 0 Å². The van der Waals surface area contributed by atoms with Gasteiger partial charge in [0, 0.05) is 18.3 Å². The molecule has 0 aromatic heterocycles. The fourth-order valence-electron chi connectivity index (χ4n) is 9.57. The van der Waals surface area contributed by atoms with Crippen molar-refractivity contribution in [1.29, 1.82) is 0 Å². The highest BCUT2D eigenvalue weighted by atomic mass is 16.5. The molecular weight excluding hydrogens is 412 g/mol. The number of fused-ring (bicyclic) bond motifs is 4. The van der Waals surface area contributed by atoms with Gasteiger partial charge in [-0.25, -0.2) is 0 Å².